The third kappa shape index (κ3) is 1.55. The summed E-state index contributed by atoms with van der Waals surface area (Å²) in [7, 11) is 0. The summed E-state index contributed by atoms with van der Waals surface area (Å²) in [5.41, 5.74) is 0. The van der Waals surface area contributed by atoms with Gasteiger partial charge in [0.1, 0.15) is 6.20 Å². The van der Waals surface area contributed by atoms with Crippen molar-refractivity contribution in [2.24, 2.45) is 0 Å². The van der Waals surface area contributed by atoms with E-state index >= 15 is 0 Å². The lowest BCUT2D eigenvalue weighted by Gasteiger charge is -1.84. The van der Waals surface area contributed by atoms with Crippen LogP contribution in [0.4, 0.5) is 5.82 Å². The molecule has 0 aromatic carbocycles. The number of nitro groups is 1. The van der Waals surface area contributed by atoms with Crippen molar-refractivity contribution in [2.75, 3.05) is 0 Å². The number of nitrogens with one attached hydrogen (secondary N) is 1. The average Bonchev–Trinajstić information content (AvgIpc) is 2.37. The van der Waals surface area contributed by atoms with Gasteiger partial charge >= 0.3 is 5.82 Å². The number of rotatable bonds is 2. The normalized spacial score (nSPS) is 9.00. The predicted molar refractivity (Wildman–Crippen MR) is 37.8 cm³/mol. The number of hydrogen-bond acceptors (Lipinski definition) is 3. The number of hydrogen-bond donors (Lipinski definition) is 1. The van der Waals surface area contributed by atoms with Crippen LogP contribution in [0.3, 0.4) is 0 Å². The minimum absolute atomic E-state index is 0.129. The van der Waals surface area contributed by atoms with Crippen LogP contribution in [0.15, 0.2) is 6.20 Å². The van der Waals surface area contributed by atoms with Crippen molar-refractivity contribution >= 4 is 5.82 Å². The fraction of sp³-hybridized carbons (Fsp3) is 0.167. The number of H-pyrrole nitrogens is 1. The van der Waals surface area contributed by atoms with Gasteiger partial charge in [0.25, 0.3) is 0 Å². The molecule has 0 saturated carbocycles. The van der Waals surface area contributed by atoms with Gasteiger partial charge in [-0.1, -0.05) is 5.92 Å². The standard InChI is InChI=1S/C6H5N3O2/c1-2-3-5-7-4-6(8-5)9(10)11/h1,4H,3H2,(H,7,8). The lowest BCUT2D eigenvalue weighted by atomic mass is 10.4. The van der Waals surface area contributed by atoms with E-state index in [1.807, 2.05) is 0 Å². The van der Waals surface area contributed by atoms with E-state index in [2.05, 4.69) is 15.9 Å². The van der Waals surface area contributed by atoms with Crippen LogP contribution < -0.4 is 0 Å². The lowest BCUT2D eigenvalue weighted by Crippen LogP contribution is -1.88. The first-order chi connectivity index (χ1) is 5.24. The third-order valence-corrected chi connectivity index (χ3v) is 1.08. The maximum Gasteiger partial charge on any atom is 0.340 e. The predicted octanol–water partition coefficient (Wildman–Crippen LogP) is 0.494. The Bertz CT molecular complexity index is 310. The van der Waals surface area contributed by atoms with E-state index in [1.54, 1.807) is 0 Å². The molecule has 0 fully saturated rings. The summed E-state index contributed by atoms with van der Waals surface area (Å²) in [5, 5.41) is 10.1. The van der Waals surface area contributed by atoms with Gasteiger partial charge in [-0.15, -0.1) is 6.42 Å². The van der Waals surface area contributed by atoms with E-state index in [9.17, 15) is 10.1 Å². The van der Waals surface area contributed by atoms with Crippen LogP contribution in [-0.4, -0.2) is 14.9 Å². The molecular weight excluding hydrogens is 146 g/mol. The zero-order valence-electron chi connectivity index (χ0n) is 5.57. The quantitative estimate of drug-likeness (QED) is 0.380. The van der Waals surface area contributed by atoms with Crippen molar-refractivity contribution < 1.29 is 4.92 Å². The molecule has 1 aromatic rings. The number of terminal acetylenes is 1. The molecule has 0 spiro atoms. The van der Waals surface area contributed by atoms with Crippen molar-refractivity contribution in [2.45, 2.75) is 6.42 Å². The number of nitrogens with zero attached hydrogens (tertiary/aromatic N) is 2. The van der Waals surface area contributed by atoms with Gasteiger partial charge in [0.15, 0.2) is 0 Å². The molecule has 5 heteroatoms. The minimum Gasteiger partial charge on any atom is -0.358 e. The fourth-order valence-corrected chi connectivity index (χ4v) is 0.631. The summed E-state index contributed by atoms with van der Waals surface area (Å²) in [4.78, 5) is 15.7. The van der Waals surface area contributed by atoms with Crippen LogP contribution in [0.2, 0.25) is 0 Å². The average molecular weight is 151 g/mol. The highest BCUT2D eigenvalue weighted by Crippen LogP contribution is 2.05. The molecule has 0 unspecified atom stereocenters. The Hall–Kier alpha value is -1.83. The SMILES string of the molecule is C#CCc1ncc([N+](=O)[O-])[nH]1. The van der Waals surface area contributed by atoms with Crippen LogP contribution in [0.25, 0.3) is 0 Å². The molecule has 1 rings (SSSR count). The van der Waals surface area contributed by atoms with E-state index in [-0.39, 0.29) is 12.2 Å². The largest absolute Gasteiger partial charge is 0.358 e. The molecule has 0 aliphatic heterocycles. The van der Waals surface area contributed by atoms with Crippen molar-refractivity contribution in [1.29, 1.82) is 0 Å². The zero-order valence-corrected chi connectivity index (χ0v) is 5.57. The highest BCUT2D eigenvalue weighted by atomic mass is 16.6. The highest BCUT2D eigenvalue weighted by Gasteiger charge is 2.07. The van der Waals surface area contributed by atoms with Gasteiger partial charge in [-0.2, -0.15) is 0 Å². The van der Waals surface area contributed by atoms with Crippen LogP contribution in [-0.2, 0) is 6.42 Å². The van der Waals surface area contributed by atoms with Crippen LogP contribution in [0.5, 0.6) is 0 Å². The van der Waals surface area contributed by atoms with Crippen molar-refractivity contribution in [3.63, 3.8) is 0 Å². The molecule has 0 saturated heterocycles. The summed E-state index contributed by atoms with van der Waals surface area (Å²) in [6.07, 6.45) is 6.40. The van der Waals surface area contributed by atoms with Gasteiger partial charge < -0.3 is 10.1 Å². The lowest BCUT2D eigenvalue weighted by molar-refractivity contribution is -0.389. The molecular formula is C6H5N3O2. The number of aromatic amines is 1. The van der Waals surface area contributed by atoms with Gasteiger partial charge in [-0.05, 0) is 4.92 Å². The summed E-state index contributed by atoms with van der Waals surface area (Å²) in [6, 6.07) is 0. The summed E-state index contributed by atoms with van der Waals surface area (Å²) >= 11 is 0. The maximum atomic E-state index is 10.1. The Kier molecular flexibility index (Phi) is 1.88. The zero-order chi connectivity index (χ0) is 8.27. The van der Waals surface area contributed by atoms with E-state index in [1.165, 1.54) is 0 Å². The van der Waals surface area contributed by atoms with Crippen LogP contribution in [0.1, 0.15) is 5.82 Å². The molecule has 5 nitrogen and oxygen atoms in total. The number of imidazole rings is 1. The number of aromatic nitrogens is 2. The van der Waals surface area contributed by atoms with Crippen LogP contribution in [0, 0.1) is 22.5 Å². The third-order valence-electron chi connectivity index (χ3n) is 1.08. The molecule has 0 aliphatic rings. The van der Waals surface area contributed by atoms with Crippen molar-refractivity contribution in [3.05, 3.63) is 22.1 Å². The molecule has 56 valence electrons. The first-order valence-corrected chi connectivity index (χ1v) is 2.86. The maximum absolute atomic E-state index is 10.1. The van der Waals surface area contributed by atoms with E-state index in [4.69, 9.17) is 6.42 Å². The molecule has 0 atom stereocenters. The Balaban J connectivity index is 2.83. The van der Waals surface area contributed by atoms with Gasteiger partial charge in [0.2, 0.25) is 5.82 Å². The Morgan fingerprint density at radius 3 is 3.09 bits per heavy atom. The van der Waals surface area contributed by atoms with Crippen molar-refractivity contribution in [1.82, 2.24) is 9.97 Å². The molecule has 0 radical (unpaired) electrons. The molecule has 1 N–H and O–H groups in total. The van der Waals surface area contributed by atoms with Gasteiger partial charge in [-0.25, -0.2) is 9.97 Å². The van der Waals surface area contributed by atoms with Gasteiger partial charge in [-0.3, -0.25) is 0 Å². The molecule has 0 amide bonds. The smallest absolute Gasteiger partial charge is 0.340 e. The first-order valence-electron chi connectivity index (χ1n) is 2.86. The van der Waals surface area contributed by atoms with E-state index in [0.29, 0.717) is 5.82 Å². The Morgan fingerprint density at radius 1 is 1.91 bits per heavy atom. The molecule has 0 aliphatic carbocycles. The summed E-state index contributed by atoms with van der Waals surface area (Å²) in [6.45, 7) is 0. The topological polar surface area (TPSA) is 71.8 Å². The second kappa shape index (κ2) is 2.84. The monoisotopic (exact) mass is 151 g/mol. The summed E-state index contributed by atoms with van der Waals surface area (Å²) in [5.74, 6) is 2.63. The Labute approximate surface area is 62.6 Å². The van der Waals surface area contributed by atoms with E-state index < -0.39 is 4.92 Å². The van der Waals surface area contributed by atoms with Crippen molar-refractivity contribution in [3.8, 4) is 12.3 Å². The molecule has 1 aromatic heterocycles. The minimum atomic E-state index is -0.549. The fourth-order valence-electron chi connectivity index (χ4n) is 0.631. The van der Waals surface area contributed by atoms with Gasteiger partial charge in [0.05, 0.1) is 6.42 Å². The summed E-state index contributed by atoms with van der Waals surface area (Å²) < 4.78 is 0. The second-order valence-corrected chi connectivity index (χ2v) is 1.85. The molecule has 1 heterocycles. The first kappa shape index (κ1) is 7.28. The highest BCUT2D eigenvalue weighted by molar-refractivity contribution is 5.17. The van der Waals surface area contributed by atoms with Crippen LogP contribution >= 0.6 is 0 Å². The Morgan fingerprint density at radius 2 is 2.64 bits per heavy atom. The van der Waals surface area contributed by atoms with Gasteiger partial charge in [0, 0.05) is 0 Å². The second-order valence-electron chi connectivity index (χ2n) is 1.85. The molecule has 0 bridgehead atoms. The van der Waals surface area contributed by atoms with E-state index in [0.717, 1.165) is 6.20 Å². The molecule has 11 heavy (non-hydrogen) atoms.